The zero-order valence-corrected chi connectivity index (χ0v) is 13.3. The minimum atomic E-state index is -0.687. The molecule has 1 rings (SSSR count). The second-order valence-corrected chi connectivity index (χ2v) is 5.55. The number of benzene rings is 1. The fourth-order valence-electron chi connectivity index (χ4n) is 1.44. The second-order valence-electron chi connectivity index (χ2n) is 5.55. The number of para-hydroxylation sites is 1. The van der Waals surface area contributed by atoms with Crippen molar-refractivity contribution in [2.75, 3.05) is 13.2 Å². The molecule has 0 aliphatic rings. The van der Waals surface area contributed by atoms with Crippen molar-refractivity contribution < 1.29 is 24.3 Å². The van der Waals surface area contributed by atoms with Crippen LogP contribution in [0.5, 0.6) is 5.75 Å². The highest BCUT2D eigenvalue weighted by Crippen LogP contribution is 2.07. The molecule has 0 heterocycles. The van der Waals surface area contributed by atoms with E-state index < -0.39 is 17.6 Å². The van der Waals surface area contributed by atoms with Crippen LogP contribution in [0, 0.1) is 0 Å². The summed E-state index contributed by atoms with van der Waals surface area (Å²) in [7, 11) is 0. The monoisotopic (exact) mass is 323 g/mol. The summed E-state index contributed by atoms with van der Waals surface area (Å²) in [6.45, 7) is 4.71. The van der Waals surface area contributed by atoms with Crippen LogP contribution in [0.15, 0.2) is 35.5 Å². The van der Waals surface area contributed by atoms with E-state index in [2.05, 4.69) is 15.8 Å². The average Bonchev–Trinajstić information content (AvgIpc) is 2.48. The molecule has 1 aromatic carbocycles. The SMILES string of the molecule is CC(C)(C)OC(=O)NC/C(=N\O)NC(=O)COc1ccccc1. The number of carbonyl (C=O) groups is 2. The Balaban J connectivity index is 2.35. The molecule has 0 aromatic heterocycles. The minimum absolute atomic E-state index is 0.127. The van der Waals surface area contributed by atoms with Gasteiger partial charge in [0.25, 0.3) is 5.91 Å². The Kier molecular flexibility index (Phi) is 6.85. The van der Waals surface area contributed by atoms with Gasteiger partial charge in [0.1, 0.15) is 11.4 Å². The first-order valence-corrected chi connectivity index (χ1v) is 6.95. The summed E-state index contributed by atoms with van der Waals surface area (Å²) in [5, 5.41) is 16.4. The normalized spacial score (nSPS) is 11.5. The van der Waals surface area contributed by atoms with E-state index in [-0.39, 0.29) is 19.0 Å². The third-order valence-electron chi connectivity index (χ3n) is 2.32. The van der Waals surface area contributed by atoms with E-state index in [1.807, 2.05) is 6.07 Å². The molecule has 0 atom stereocenters. The van der Waals surface area contributed by atoms with E-state index in [1.54, 1.807) is 45.0 Å². The lowest BCUT2D eigenvalue weighted by Crippen LogP contribution is -2.43. The van der Waals surface area contributed by atoms with Crippen LogP contribution in [-0.2, 0) is 9.53 Å². The van der Waals surface area contributed by atoms with Gasteiger partial charge in [-0.25, -0.2) is 4.79 Å². The van der Waals surface area contributed by atoms with Crippen LogP contribution in [0.25, 0.3) is 0 Å². The van der Waals surface area contributed by atoms with Crippen LogP contribution in [0.2, 0.25) is 0 Å². The molecule has 0 radical (unpaired) electrons. The number of alkyl carbamates (subject to hydrolysis) is 1. The number of amides is 2. The molecule has 0 aliphatic carbocycles. The van der Waals surface area contributed by atoms with Gasteiger partial charge in [0.15, 0.2) is 12.4 Å². The third kappa shape index (κ3) is 8.30. The molecule has 0 aliphatic heterocycles. The molecule has 3 N–H and O–H groups in total. The van der Waals surface area contributed by atoms with E-state index >= 15 is 0 Å². The zero-order chi connectivity index (χ0) is 17.3. The van der Waals surface area contributed by atoms with Gasteiger partial charge in [-0.1, -0.05) is 23.4 Å². The van der Waals surface area contributed by atoms with Gasteiger partial charge in [0, 0.05) is 0 Å². The molecule has 23 heavy (non-hydrogen) atoms. The van der Waals surface area contributed by atoms with Gasteiger partial charge in [-0.05, 0) is 32.9 Å². The lowest BCUT2D eigenvalue weighted by atomic mass is 10.2. The Bertz CT molecular complexity index is 552. The van der Waals surface area contributed by atoms with E-state index in [9.17, 15) is 9.59 Å². The van der Waals surface area contributed by atoms with E-state index in [4.69, 9.17) is 14.7 Å². The molecule has 0 saturated carbocycles. The first kappa shape index (κ1) is 18.3. The third-order valence-corrected chi connectivity index (χ3v) is 2.32. The lowest BCUT2D eigenvalue weighted by molar-refractivity contribution is -0.121. The second kappa shape index (κ2) is 8.62. The van der Waals surface area contributed by atoms with Gasteiger partial charge in [-0.15, -0.1) is 0 Å². The van der Waals surface area contributed by atoms with Crippen LogP contribution in [0.3, 0.4) is 0 Å². The van der Waals surface area contributed by atoms with Crippen molar-refractivity contribution in [3.05, 3.63) is 30.3 Å². The molecule has 1 aromatic rings. The van der Waals surface area contributed by atoms with Crippen molar-refractivity contribution in [3.8, 4) is 5.75 Å². The van der Waals surface area contributed by atoms with Crippen molar-refractivity contribution in [2.45, 2.75) is 26.4 Å². The molecule has 0 unspecified atom stereocenters. The van der Waals surface area contributed by atoms with Gasteiger partial charge < -0.3 is 25.3 Å². The summed E-state index contributed by atoms with van der Waals surface area (Å²) in [5.41, 5.74) is -0.645. The summed E-state index contributed by atoms with van der Waals surface area (Å²) < 4.78 is 10.3. The Hall–Kier alpha value is -2.77. The number of rotatable bonds is 5. The Morgan fingerprint density at radius 3 is 2.43 bits per heavy atom. The predicted octanol–water partition coefficient (Wildman–Crippen LogP) is 1.49. The minimum Gasteiger partial charge on any atom is -0.484 e. The summed E-state index contributed by atoms with van der Waals surface area (Å²) in [4.78, 5) is 23.2. The van der Waals surface area contributed by atoms with E-state index in [0.29, 0.717) is 5.75 Å². The number of hydrogen-bond acceptors (Lipinski definition) is 6. The fraction of sp³-hybridized carbons (Fsp3) is 0.400. The van der Waals surface area contributed by atoms with Gasteiger partial charge in [-0.3, -0.25) is 4.79 Å². The number of nitrogens with zero attached hydrogens (tertiary/aromatic N) is 1. The van der Waals surface area contributed by atoms with E-state index in [0.717, 1.165) is 0 Å². The van der Waals surface area contributed by atoms with Crippen molar-refractivity contribution in [3.63, 3.8) is 0 Å². The number of nitrogens with one attached hydrogen (secondary N) is 2. The van der Waals surface area contributed by atoms with Crippen molar-refractivity contribution in [1.29, 1.82) is 0 Å². The predicted molar refractivity (Wildman–Crippen MR) is 83.5 cm³/mol. The standard InChI is InChI=1S/C15H21N3O5/c1-15(2,3)23-14(20)16-9-12(18-21)17-13(19)10-22-11-7-5-4-6-8-11/h4-8,21H,9-10H2,1-3H3,(H,16,20)(H,17,18,19). The highest BCUT2D eigenvalue weighted by atomic mass is 16.6. The number of amidine groups is 1. The van der Waals surface area contributed by atoms with Crippen LogP contribution in [0.1, 0.15) is 20.8 Å². The lowest BCUT2D eigenvalue weighted by Gasteiger charge is -2.19. The molecule has 2 amide bonds. The Morgan fingerprint density at radius 1 is 1.22 bits per heavy atom. The highest BCUT2D eigenvalue weighted by Gasteiger charge is 2.17. The van der Waals surface area contributed by atoms with Crippen molar-refractivity contribution >= 4 is 17.8 Å². The maximum Gasteiger partial charge on any atom is 0.408 e. The molecular formula is C15H21N3O5. The van der Waals surface area contributed by atoms with Gasteiger partial charge >= 0.3 is 6.09 Å². The van der Waals surface area contributed by atoms with Gasteiger partial charge in [0.2, 0.25) is 0 Å². The van der Waals surface area contributed by atoms with Crippen LogP contribution in [-0.4, -0.2) is 41.8 Å². The van der Waals surface area contributed by atoms with Crippen LogP contribution in [0.4, 0.5) is 4.79 Å². The molecule has 0 fully saturated rings. The van der Waals surface area contributed by atoms with Crippen molar-refractivity contribution in [1.82, 2.24) is 10.6 Å². The molecule has 0 saturated heterocycles. The van der Waals surface area contributed by atoms with Crippen LogP contribution < -0.4 is 15.4 Å². The Labute approximate surface area is 134 Å². The van der Waals surface area contributed by atoms with Gasteiger partial charge in [0.05, 0.1) is 6.54 Å². The number of oxime groups is 1. The topological polar surface area (TPSA) is 109 Å². The molecule has 8 nitrogen and oxygen atoms in total. The molecule has 8 heteroatoms. The molecule has 126 valence electrons. The largest absolute Gasteiger partial charge is 0.484 e. The molecule has 0 spiro atoms. The van der Waals surface area contributed by atoms with Gasteiger partial charge in [-0.2, -0.15) is 0 Å². The fourth-order valence-corrected chi connectivity index (χ4v) is 1.44. The quantitative estimate of drug-likeness (QED) is 0.329. The number of ether oxygens (including phenoxy) is 2. The highest BCUT2D eigenvalue weighted by molar-refractivity contribution is 6.00. The Morgan fingerprint density at radius 2 is 1.87 bits per heavy atom. The number of carbonyl (C=O) groups excluding carboxylic acids is 2. The maximum atomic E-state index is 11.7. The summed E-state index contributed by atoms with van der Waals surface area (Å²) in [5.74, 6) is -0.109. The first-order valence-electron chi connectivity index (χ1n) is 6.95. The molecule has 0 bridgehead atoms. The van der Waals surface area contributed by atoms with Crippen molar-refractivity contribution in [2.24, 2.45) is 5.16 Å². The zero-order valence-electron chi connectivity index (χ0n) is 13.3. The summed E-state index contributed by atoms with van der Waals surface area (Å²) in [6, 6.07) is 8.79. The van der Waals surface area contributed by atoms with Crippen LogP contribution >= 0.6 is 0 Å². The van der Waals surface area contributed by atoms with E-state index in [1.165, 1.54) is 0 Å². The summed E-state index contributed by atoms with van der Waals surface area (Å²) >= 11 is 0. The number of hydrogen-bond donors (Lipinski definition) is 3. The first-order chi connectivity index (χ1) is 10.8. The summed E-state index contributed by atoms with van der Waals surface area (Å²) in [6.07, 6.45) is -0.687. The maximum absolute atomic E-state index is 11.7. The average molecular weight is 323 g/mol. The smallest absolute Gasteiger partial charge is 0.408 e. The molecular weight excluding hydrogens is 302 g/mol.